The highest BCUT2D eigenvalue weighted by molar-refractivity contribution is 5.95. The summed E-state index contributed by atoms with van der Waals surface area (Å²) in [4.78, 5) is 74.7. The quantitative estimate of drug-likeness (QED) is 0.0314. The molecule has 1 spiro atoms. The second-order valence-corrected chi connectivity index (χ2v) is 26.2. The first kappa shape index (κ1) is 73.3. The number of carbonyl (C=O) groups is 5. The average Bonchev–Trinajstić information content (AvgIpc) is 1.61. The van der Waals surface area contributed by atoms with Crippen LogP contribution in [0.4, 0.5) is 51.7 Å². The number of hydrogen-bond donors (Lipinski definition) is 3. The number of alkyl halides is 6. The van der Waals surface area contributed by atoms with E-state index in [9.17, 15) is 54.7 Å². The van der Waals surface area contributed by atoms with E-state index in [1.54, 1.807) is 16.8 Å². The molecule has 17 nitrogen and oxygen atoms in total. The largest absolute Gasteiger partial charge is 0.449 e. The molecule has 6 aromatic carbocycles. The van der Waals surface area contributed by atoms with Crippen molar-refractivity contribution in [2.24, 2.45) is 0 Å². The van der Waals surface area contributed by atoms with Gasteiger partial charge in [0.2, 0.25) is 11.8 Å². The summed E-state index contributed by atoms with van der Waals surface area (Å²) in [5.41, 5.74) is 1.41. The lowest BCUT2D eigenvalue weighted by atomic mass is 9.72. The Morgan fingerprint density at radius 2 is 1.33 bits per heavy atom. The minimum absolute atomic E-state index is 0.0297. The lowest BCUT2D eigenvalue weighted by molar-refractivity contribution is -0.143. The normalized spacial score (nSPS) is 18.0. The number of ether oxygens (including phenoxy) is 4. The molecule has 530 valence electrons. The summed E-state index contributed by atoms with van der Waals surface area (Å²) < 4.78 is 121. The summed E-state index contributed by atoms with van der Waals surface area (Å²) >= 11 is 0. The highest BCUT2D eigenvalue weighted by atomic mass is 19.4. The molecule has 6 aromatic rings. The number of halogens is 7. The minimum Gasteiger partial charge on any atom is -0.449 e. The molecule has 1 aliphatic carbocycles. The van der Waals surface area contributed by atoms with Gasteiger partial charge in [-0.1, -0.05) is 103 Å². The van der Waals surface area contributed by atoms with Crippen LogP contribution in [0.2, 0.25) is 0 Å². The van der Waals surface area contributed by atoms with Gasteiger partial charge in [0.05, 0.1) is 36.1 Å². The average molecular weight is 1380 g/mol. The Kier molecular flexibility index (Phi) is 24.9. The predicted molar refractivity (Wildman–Crippen MR) is 361 cm³/mol. The van der Waals surface area contributed by atoms with Crippen LogP contribution in [-0.4, -0.2) is 166 Å². The molecule has 0 saturated carbocycles. The van der Waals surface area contributed by atoms with E-state index >= 15 is 0 Å². The molecule has 0 unspecified atom stereocenters. The molecule has 3 N–H and O–H groups in total. The van der Waals surface area contributed by atoms with Crippen LogP contribution < -0.4 is 16.0 Å². The smallest absolute Gasteiger partial charge is 0.416 e. The fourth-order valence-electron chi connectivity index (χ4n) is 13.7. The SMILES string of the molecule is CN(CCN1CCC(OC(=O)Nc2ccccc2-c2ccccc2)CC1)C(=O)CCCCCNCc1ccc(NC(=O)OCCCCN(C)C(=O)CO[C@H]2Cc3ccccc3C23CCN(CC[C@]2(c4ccc(F)cc4)CN(C(=O)c4cc(C(F)(F)F)cc(C(F)(F)F)c4)CO2)CC3)cc1. The van der Waals surface area contributed by atoms with Gasteiger partial charge in [0.1, 0.15) is 30.9 Å². The third kappa shape index (κ3) is 19.7. The number of nitrogens with one attached hydrogen (secondary N) is 3. The molecule has 4 aliphatic rings. The van der Waals surface area contributed by atoms with Crippen molar-refractivity contribution in [1.29, 1.82) is 0 Å². The van der Waals surface area contributed by atoms with Crippen LogP contribution in [0.3, 0.4) is 0 Å². The number of anilines is 2. The maximum atomic E-state index is 14.2. The van der Waals surface area contributed by atoms with Crippen molar-refractivity contribution in [3.8, 4) is 11.1 Å². The van der Waals surface area contributed by atoms with Crippen molar-refractivity contribution in [2.45, 2.75) is 119 Å². The summed E-state index contributed by atoms with van der Waals surface area (Å²) in [6.07, 6.45) is -3.86. The summed E-state index contributed by atoms with van der Waals surface area (Å²) in [6, 6.07) is 39.4. The molecule has 0 radical (unpaired) electrons. The van der Waals surface area contributed by atoms with Crippen LogP contribution in [0.15, 0.2) is 146 Å². The Morgan fingerprint density at radius 3 is 2.05 bits per heavy atom. The number of fused-ring (bicyclic) bond motifs is 2. The van der Waals surface area contributed by atoms with E-state index < -0.39 is 70.7 Å². The third-order valence-corrected chi connectivity index (χ3v) is 19.6. The Morgan fingerprint density at radius 1 is 0.667 bits per heavy atom. The number of amides is 5. The molecule has 3 fully saturated rings. The van der Waals surface area contributed by atoms with Crippen LogP contribution in [0.25, 0.3) is 11.1 Å². The third-order valence-electron chi connectivity index (χ3n) is 19.6. The molecule has 10 rings (SSSR count). The minimum atomic E-state index is -5.15. The van der Waals surface area contributed by atoms with Gasteiger partial charge in [-0.2, -0.15) is 26.3 Å². The summed E-state index contributed by atoms with van der Waals surface area (Å²) in [5.74, 6) is -1.67. The first-order valence-corrected chi connectivity index (χ1v) is 34.0. The van der Waals surface area contributed by atoms with Gasteiger partial charge in [0.15, 0.2) is 0 Å². The standard InChI is InChI=1S/C75H87F7N8O9/c1-86(36-13-14-44-96-70(94)84-61-28-22-53(23-29-61)49-83-35-12-4-7-21-67(91)87(2)42-43-88-37-30-62(31-38-88)99-71(95)85-65-20-11-9-18-63(65)54-15-5-3-6-16-54)68(92)50-97-66-47-55-17-8-10-19-64(55)72(66)32-39-89(40-33-72)41-34-73(57-24-26-60(76)27-25-57)51-90(52-98-73)69(93)56-45-58(74(77,78)79)48-59(46-56)75(80,81)82/h3,5-6,8-11,15-20,22-29,45-46,48,62,66,83H,4,7,12-14,21,30-44,47,49-52H2,1-2H3,(H,84,94)(H,85,95)/t66-,73+/m0/s1. The van der Waals surface area contributed by atoms with Crippen LogP contribution in [0.1, 0.15) is 114 Å². The molecule has 3 aliphatic heterocycles. The van der Waals surface area contributed by atoms with Gasteiger partial charge < -0.3 is 48.8 Å². The highest BCUT2D eigenvalue weighted by Gasteiger charge is 2.50. The van der Waals surface area contributed by atoms with Crippen LogP contribution in [0.5, 0.6) is 0 Å². The van der Waals surface area contributed by atoms with Gasteiger partial charge in [-0.15, -0.1) is 0 Å². The maximum absolute atomic E-state index is 14.2. The zero-order valence-electron chi connectivity index (χ0n) is 56.0. The molecule has 0 aromatic heterocycles. The fourth-order valence-corrected chi connectivity index (χ4v) is 13.7. The fraction of sp³-hybridized carbons (Fsp3) is 0.453. The molecule has 3 saturated heterocycles. The van der Waals surface area contributed by atoms with E-state index in [2.05, 4.69) is 37.9 Å². The Labute approximate surface area is 573 Å². The first-order valence-electron chi connectivity index (χ1n) is 34.0. The number of nitrogens with zero attached hydrogens (tertiary/aromatic N) is 5. The van der Waals surface area contributed by atoms with Crippen LogP contribution >= 0.6 is 0 Å². The number of benzene rings is 6. The van der Waals surface area contributed by atoms with Crippen molar-refractivity contribution in [2.75, 3.05) is 110 Å². The number of para-hydroxylation sites is 1. The summed E-state index contributed by atoms with van der Waals surface area (Å²) in [5, 5.41) is 9.15. The number of rotatable bonds is 28. The number of unbranched alkanes of at least 4 members (excludes halogenated alkanes) is 3. The van der Waals surface area contributed by atoms with Crippen molar-refractivity contribution in [1.82, 2.24) is 29.8 Å². The highest BCUT2D eigenvalue weighted by Crippen LogP contribution is 2.48. The van der Waals surface area contributed by atoms with Gasteiger partial charge in [-0.05, 0) is 160 Å². The zero-order chi connectivity index (χ0) is 70.2. The topological polar surface area (TPSA) is 175 Å². The molecule has 0 bridgehead atoms. The zero-order valence-corrected chi connectivity index (χ0v) is 56.0. The second kappa shape index (κ2) is 33.6. The van der Waals surface area contributed by atoms with Crippen molar-refractivity contribution >= 4 is 41.3 Å². The van der Waals surface area contributed by atoms with E-state index in [4.69, 9.17) is 18.9 Å². The van der Waals surface area contributed by atoms with Crippen LogP contribution in [0, 0.1) is 5.82 Å². The molecular formula is C75H87F7N8O9. The van der Waals surface area contributed by atoms with E-state index in [1.165, 1.54) is 24.3 Å². The molecular weight excluding hydrogens is 1290 g/mol. The number of likely N-dealkylation sites (tertiary alicyclic amines) is 2. The van der Waals surface area contributed by atoms with E-state index in [0.29, 0.717) is 107 Å². The van der Waals surface area contributed by atoms with E-state index in [1.807, 2.05) is 98.0 Å². The monoisotopic (exact) mass is 1380 g/mol. The Balaban J connectivity index is 0.573. The molecule has 99 heavy (non-hydrogen) atoms. The van der Waals surface area contributed by atoms with Gasteiger partial charge >= 0.3 is 24.5 Å². The van der Waals surface area contributed by atoms with Crippen molar-refractivity contribution < 1.29 is 73.7 Å². The Bertz CT molecular complexity index is 3650. The lowest BCUT2D eigenvalue weighted by Gasteiger charge is -2.44. The van der Waals surface area contributed by atoms with Gasteiger partial charge in [0, 0.05) is 88.6 Å². The number of carbonyl (C=O) groups excluding carboxylic acids is 5. The van der Waals surface area contributed by atoms with E-state index in [-0.39, 0.29) is 56.3 Å². The molecule has 5 amide bonds. The predicted octanol–water partition coefficient (Wildman–Crippen LogP) is 13.5. The molecule has 2 atom stereocenters. The summed E-state index contributed by atoms with van der Waals surface area (Å²) in [6.45, 7) is 5.87. The maximum Gasteiger partial charge on any atom is 0.416 e. The number of hydrogen-bond acceptors (Lipinski definition) is 12. The van der Waals surface area contributed by atoms with Crippen molar-refractivity contribution in [3.05, 3.63) is 190 Å². The van der Waals surface area contributed by atoms with Gasteiger partial charge in [-0.3, -0.25) is 25.0 Å². The summed E-state index contributed by atoms with van der Waals surface area (Å²) in [7, 11) is 3.57. The number of likely N-dealkylation sites (N-methyl/N-ethyl adjacent to an activating group) is 2. The van der Waals surface area contributed by atoms with Crippen molar-refractivity contribution in [3.63, 3.8) is 0 Å². The molecule has 24 heteroatoms. The molecule has 3 heterocycles. The Hall–Kier alpha value is -8.42. The van der Waals surface area contributed by atoms with Crippen LogP contribution in [-0.2, 0) is 64.9 Å². The first-order chi connectivity index (χ1) is 47.5. The lowest BCUT2D eigenvalue weighted by Crippen LogP contribution is -2.50. The number of piperidine rings is 2. The second-order valence-electron chi connectivity index (χ2n) is 26.2. The van der Waals surface area contributed by atoms with Gasteiger partial charge in [-0.25, -0.2) is 14.0 Å². The van der Waals surface area contributed by atoms with Gasteiger partial charge in [0.25, 0.3) is 5.91 Å². The van der Waals surface area contributed by atoms with E-state index in [0.717, 1.165) is 91.0 Å².